The van der Waals surface area contributed by atoms with Crippen molar-refractivity contribution >= 4 is 22.6 Å². The molecule has 20 heavy (non-hydrogen) atoms. The molecule has 0 radical (unpaired) electrons. The molecule has 1 N–H and O–H groups in total. The summed E-state index contributed by atoms with van der Waals surface area (Å²) in [5.41, 5.74) is 1.90. The highest BCUT2D eigenvalue weighted by molar-refractivity contribution is 5.87. The number of anilines is 1. The summed E-state index contributed by atoms with van der Waals surface area (Å²) in [5, 5.41) is 8.04. The van der Waals surface area contributed by atoms with Gasteiger partial charge in [-0.25, -0.2) is 0 Å². The molecule has 5 nitrogen and oxygen atoms in total. The molecule has 0 fully saturated rings. The van der Waals surface area contributed by atoms with E-state index in [2.05, 4.69) is 21.5 Å². The van der Waals surface area contributed by atoms with Gasteiger partial charge >= 0.3 is 0 Å². The summed E-state index contributed by atoms with van der Waals surface area (Å²) in [6, 6.07) is 13.8. The predicted molar refractivity (Wildman–Crippen MR) is 77.4 cm³/mol. The number of nitrogens with zero attached hydrogens (tertiary/aromatic N) is 3. The van der Waals surface area contributed by atoms with Crippen LogP contribution in [0.25, 0.3) is 10.9 Å². The van der Waals surface area contributed by atoms with Gasteiger partial charge in [0.1, 0.15) is 0 Å². The molecule has 1 amide bonds. The summed E-state index contributed by atoms with van der Waals surface area (Å²) >= 11 is 0. The lowest BCUT2D eigenvalue weighted by Crippen LogP contribution is -2.08. The van der Waals surface area contributed by atoms with E-state index in [-0.39, 0.29) is 5.91 Å². The molecular formula is C15H14N4O. The lowest BCUT2D eigenvalue weighted by molar-refractivity contribution is -0.114. The Morgan fingerprint density at radius 1 is 1.20 bits per heavy atom. The third-order valence-corrected chi connectivity index (χ3v) is 2.92. The number of para-hydroxylation sites is 1. The lowest BCUT2D eigenvalue weighted by Gasteiger charge is -2.03. The molecule has 3 rings (SSSR count). The van der Waals surface area contributed by atoms with Gasteiger partial charge in [-0.2, -0.15) is 5.10 Å². The van der Waals surface area contributed by atoms with E-state index in [9.17, 15) is 4.79 Å². The third kappa shape index (κ3) is 2.66. The van der Waals surface area contributed by atoms with Crippen LogP contribution in [0.15, 0.2) is 48.7 Å². The summed E-state index contributed by atoms with van der Waals surface area (Å²) in [4.78, 5) is 15.5. The van der Waals surface area contributed by atoms with E-state index in [1.165, 1.54) is 6.92 Å². The van der Waals surface area contributed by atoms with Gasteiger partial charge in [0.05, 0.1) is 17.8 Å². The molecule has 100 valence electrons. The zero-order valence-corrected chi connectivity index (χ0v) is 11.1. The van der Waals surface area contributed by atoms with E-state index < -0.39 is 0 Å². The number of aromatic nitrogens is 3. The van der Waals surface area contributed by atoms with Crippen molar-refractivity contribution in [1.82, 2.24) is 14.8 Å². The van der Waals surface area contributed by atoms with Crippen molar-refractivity contribution in [3.63, 3.8) is 0 Å². The van der Waals surface area contributed by atoms with Crippen LogP contribution in [-0.4, -0.2) is 20.7 Å². The number of carbonyl (C=O) groups excluding carboxylic acids is 1. The second kappa shape index (κ2) is 5.13. The Labute approximate surface area is 116 Å². The van der Waals surface area contributed by atoms with Gasteiger partial charge in [-0.05, 0) is 12.1 Å². The van der Waals surface area contributed by atoms with Crippen LogP contribution in [0.2, 0.25) is 0 Å². The monoisotopic (exact) mass is 266 g/mol. The van der Waals surface area contributed by atoms with Crippen LogP contribution < -0.4 is 5.32 Å². The number of amides is 1. The maximum absolute atomic E-state index is 11.0. The van der Waals surface area contributed by atoms with Crippen molar-refractivity contribution in [3.8, 4) is 0 Å². The maximum Gasteiger partial charge on any atom is 0.222 e. The summed E-state index contributed by atoms with van der Waals surface area (Å²) in [5.74, 6) is 0.428. The van der Waals surface area contributed by atoms with Crippen LogP contribution in [0.4, 0.5) is 5.82 Å². The quantitative estimate of drug-likeness (QED) is 0.792. The van der Waals surface area contributed by atoms with Crippen molar-refractivity contribution in [3.05, 3.63) is 54.4 Å². The van der Waals surface area contributed by atoms with Crippen molar-refractivity contribution in [2.24, 2.45) is 0 Å². The van der Waals surface area contributed by atoms with Gasteiger partial charge in [-0.15, -0.1) is 0 Å². The molecule has 0 atom stereocenters. The molecule has 0 spiro atoms. The maximum atomic E-state index is 11.0. The molecule has 2 heterocycles. The molecule has 0 saturated carbocycles. The molecule has 0 aliphatic rings. The van der Waals surface area contributed by atoms with Gasteiger partial charge in [-0.1, -0.05) is 24.3 Å². The SMILES string of the molecule is CC(=O)Nc1ccn(Cc2ccc3ccccc3n2)n1. The first-order valence-corrected chi connectivity index (χ1v) is 6.36. The Hall–Kier alpha value is -2.69. The molecule has 0 unspecified atom stereocenters. The number of hydrogen-bond donors (Lipinski definition) is 1. The summed E-state index contributed by atoms with van der Waals surface area (Å²) < 4.78 is 1.75. The molecular weight excluding hydrogens is 252 g/mol. The third-order valence-electron chi connectivity index (χ3n) is 2.92. The topological polar surface area (TPSA) is 59.8 Å². The fourth-order valence-corrected chi connectivity index (χ4v) is 2.06. The van der Waals surface area contributed by atoms with Crippen LogP contribution in [-0.2, 0) is 11.3 Å². The van der Waals surface area contributed by atoms with Crippen LogP contribution >= 0.6 is 0 Å². The van der Waals surface area contributed by atoms with E-state index in [4.69, 9.17) is 0 Å². The number of fused-ring (bicyclic) bond motifs is 1. The molecule has 0 bridgehead atoms. The predicted octanol–water partition coefficient (Wildman–Crippen LogP) is 2.44. The molecule has 2 aromatic heterocycles. The van der Waals surface area contributed by atoms with E-state index >= 15 is 0 Å². The van der Waals surface area contributed by atoms with Gasteiger partial charge in [0.2, 0.25) is 5.91 Å². The summed E-state index contributed by atoms with van der Waals surface area (Å²) in [6.45, 7) is 2.04. The van der Waals surface area contributed by atoms with Crippen molar-refractivity contribution in [2.75, 3.05) is 5.32 Å². The second-order valence-electron chi connectivity index (χ2n) is 4.58. The number of nitrogens with one attached hydrogen (secondary N) is 1. The van der Waals surface area contributed by atoms with Gasteiger partial charge < -0.3 is 5.32 Å². The Morgan fingerprint density at radius 2 is 2.05 bits per heavy atom. The largest absolute Gasteiger partial charge is 0.309 e. The highest BCUT2D eigenvalue weighted by atomic mass is 16.1. The zero-order chi connectivity index (χ0) is 13.9. The van der Waals surface area contributed by atoms with Crippen molar-refractivity contribution < 1.29 is 4.79 Å². The minimum Gasteiger partial charge on any atom is -0.309 e. The normalized spacial score (nSPS) is 10.7. The molecule has 5 heteroatoms. The average Bonchev–Trinajstić information content (AvgIpc) is 2.85. The van der Waals surface area contributed by atoms with E-state index in [1.807, 2.05) is 36.5 Å². The Balaban J connectivity index is 1.81. The standard InChI is InChI=1S/C15H14N4O/c1-11(20)16-15-8-9-19(18-15)10-13-7-6-12-4-2-3-5-14(12)17-13/h2-9H,10H2,1H3,(H,16,18,20). The van der Waals surface area contributed by atoms with Gasteiger partial charge in [0.15, 0.2) is 5.82 Å². The number of carbonyl (C=O) groups is 1. The van der Waals surface area contributed by atoms with Gasteiger partial charge in [-0.3, -0.25) is 14.5 Å². The highest BCUT2D eigenvalue weighted by Crippen LogP contribution is 2.13. The molecule has 1 aromatic carbocycles. The molecule has 0 saturated heterocycles. The number of pyridine rings is 1. The smallest absolute Gasteiger partial charge is 0.222 e. The van der Waals surface area contributed by atoms with E-state index in [0.717, 1.165) is 16.6 Å². The van der Waals surface area contributed by atoms with Crippen LogP contribution in [0, 0.1) is 0 Å². The first-order chi connectivity index (χ1) is 9.70. The lowest BCUT2D eigenvalue weighted by atomic mass is 10.2. The van der Waals surface area contributed by atoms with Gasteiger partial charge in [0.25, 0.3) is 0 Å². The second-order valence-corrected chi connectivity index (χ2v) is 4.58. The van der Waals surface area contributed by atoms with Gasteiger partial charge in [0, 0.05) is 24.6 Å². The van der Waals surface area contributed by atoms with Crippen LogP contribution in [0.5, 0.6) is 0 Å². The van der Waals surface area contributed by atoms with Crippen LogP contribution in [0.3, 0.4) is 0 Å². The Kier molecular flexibility index (Phi) is 3.16. The minimum absolute atomic E-state index is 0.126. The van der Waals surface area contributed by atoms with E-state index in [0.29, 0.717) is 12.4 Å². The minimum atomic E-state index is -0.126. The van der Waals surface area contributed by atoms with Crippen molar-refractivity contribution in [2.45, 2.75) is 13.5 Å². The first-order valence-electron chi connectivity index (χ1n) is 6.36. The fraction of sp³-hybridized carbons (Fsp3) is 0.133. The van der Waals surface area contributed by atoms with E-state index in [1.54, 1.807) is 10.7 Å². The number of hydrogen-bond acceptors (Lipinski definition) is 3. The average molecular weight is 266 g/mol. The first kappa shape index (κ1) is 12.3. The Morgan fingerprint density at radius 3 is 2.90 bits per heavy atom. The van der Waals surface area contributed by atoms with Crippen LogP contribution in [0.1, 0.15) is 12.6 Å². The zero-order valence-electron chi connectivity index (χ0n) is 11.1. The fourth-order valence-electron chi connectivity index (χ4n) is 2.06. The molecule has 3 aromatic rings. The Bertz CT molecular complexity index is 763. The molecule has 0 aliphatic heterocycles. The summed E-state index contributed by atoms with van der Waals surface area (Å²) in [6.07, 6.45) is 1.82. The summed E-state index contributed by atoms with van der Waals surface area (Å²) in [7, 11) is 0. The highest BCUT2D eigenvalue weighted by Gasteiger charge is 2.03. The number of benzene rings is 1. The van der Waals surface area contributed by atoms with Crippen molar-refractivity contribution in [1.29, 1.82) is 0 Å². The molecule has 0 aliphatic carbocycles. The number of rotatable bonds is 3.